The number of nitrogens with zero attached hydrogens (tertiary/aromatic N) is 1. The smallest absolute Gasteiger partial charge is 0.239 e. The summed E-state index contributed by atoms with van der Waals surface area (Å²) in [6.45, 7) is 2.51. The average molecular weight is 321 g/mol. The van der Waals surface area contributed by atoms with Crippen LogP contribution in [0, 0.1) is 5.92 Å². The molecule has 1 saturated heterocycles. The van der Waals surface area contributed by atoms with Crippen LogP contribution in [0.5, 0.6) is 0 Å². The topological polar surface area (TPSA) is 58.4 Å². The third-order valence-electron chi connectivity index (χ3n) is 5.28. The molecule has 2 aliphatic heterocycles. The maximum Gasteiger partial charge on any atom is 0.239 e. The first-order valence-corrected chi connectivity index (χ1v) is 8.63. The fourth-order valence-corrected chi connectivity index (χ4v) is 4.02. The van der Waals surface area contributed by atoms with Gasteiger partial charge < -0.3 is 16.0 Å². The molecule has 0 radical (unpaired) electrons. The van der Waals surface area contributed by atoms with E-state index < -0.39 is 6.04 Å². The number of hydrogen-bond donors (Lipinski definition) is 2. The van der Waals surface area contributed by atoms with Crippen LogP contribution >= 0.6 is 0 Å². The van der Waals surface area contributed by atoms with Gasteiger partial charge in [0, 0.05) is 37.2 Å². The SMILES string of the molecule is N[C@H](Cc1ccccc1)C(=O)N1CC2CNc3ccccc3C2C1. The van der Waals surface area contributed by atoms with Crippen LogP contribution in [0.25, 0.3) is 0 Å². The molecule has 2 aromatic rings. The van der Waals surface area contributed by atoms with Crippen LogP contribution in [-0.2, 0) is 11.2 Å². The zero-order valence-corrected chi connectivity index (χ0v) is 13.7. The number of carbonyl (C=O) groups excluding carboxylic acids is 1. The van der Waals surface area contributed by atoms with E-state index in [1.54, 1.807) is 0 Å². The molecular weight excluding hydrogens is 298 g/mol. The van der Waals surface area contributed by atoms with Crippen molar-refractivity contribution in [2.75, 3.05) is 25.0 Å². The molecule has 24 heavy (non-hydrogen) atoms. The summed E-state index contributed by atoms with van der Waals surface area (Å²) in [4.78, 5) is 14.8. The molecule has 3 atom stereocenters. The van der Waals surface area contributed by atoms with Crippen molar-refractivity contribution < 1.29 is 4.79 Å². The Morgan fingerprint density at radius 3 is 2.71 bits per heavy atom. The van der Waals surface area contributed by atoms with E-state index in [1.165, 1.54) is 11.3 Å². The van der Waals surface area contributed by atoms with Gasteiger partial charge in [-0.2, -0.15) is 0 Å². The van der Waals surface area contributed by atoms with E-state index in [4.69, 9.17) is 5.73 Å². The van der Waals surface area contributed by atoms with E-state index >= 15 is 0 Å². The molecule has 1 amide bonds. The molecule has 3 N–H and O–H groups in total. The molecule has 0 saturated carbocycles. The van der Waals surface area contributed by atoms with Crippen LogP contribution in [0.15, 0.2) is 54.6 Å². The highest BCUT2D eigenvalue weighted by Crippen LogP contribution is 2.40. The first-order chi connectivity index (χ1) is 11.7. The molecule has 2 aliphatic rings. The predicted octanol–water partition coefficient (Wildman–Crippen LogP) is 2.22. The van der Waals surface area contributed by atoms with Gasteiger partial charge in [-0.05, 0) is 23.6 Å². The molecule has 0 spiro atoms. The number of anilines is 1. The normalized spacial score (nSPS) is 23.1. The van der Waals surface area contributed by atoms with Gasteiger partial charge in [-0.25, -0.2) is 0 Å². The molecule has 2 heterocycles. The molecule has 1 fully saturated rings. The van der Waals surface area contributed by atoms with Gasteiger partial charge in [0.25, 0.3) is 0 Å². The zero-order chi connectivity index (χ0) is 16.5. The van der Waals surface area contributed by atoms with Crippen LogP contribution in [0.2, 0.25) is 0 Å². The molecule has 2 aromatic carbocycles. The number of hydrogen-bond acceptors (Lipinski definition) is 3. The number of rotatable bonds is 3. The average Bonchev–Trinajstić information content (AvgIpc) is 3.06. The Balaban J connectivity index is 1.46. The highest BCUT2D eigenvalue weighted by atomic mass is 16.2. The molecule has 2 unspecified atom stereocenters. The number of nitrogens with two attached hydrogens (primary N) is 1. The van der Waals surface area contributed by atoms with E-state index in [2.05, 4.69) is 29.6 Å². The minimum Gasteiger partial charge on any atom is -0.384 e. The second-order valence-electron chi connectivity index (χ2n) is 6.87. The Hall–Kier alpha value is -2.33. The van der Waals surface area contributed by atoms with Gasteiger partial charge in [0.2, 0.25) is 5.91 Å². The van der Waals surface area contributed by atoms with Crippen LogP contribution in [0.4, 0.5) is 5.69 Å². The number of carbonyl (C=O) groups is 1. The summed E-state index contributed by atoms with van der Waals surface area (Å²) in [7, 11) is 0. The molecule has 4 heteroatoms. The summed E-state index contributed by atoms with van der Waals surface area (Å²) >= 11 is 0. The lowest BCUT2D eigenvalue weighted by Gasteiger charge is -2.28. The Kier molecular flexibility index (Phi) is 3.98. The number of nitrogens with one attached hydrogen (secondary N) is 1. The first-order valence-electron chi connectivity index (χ1n) is 8.63. The van der Waals surface area contributed by atoms with Crippen molar-refractivity contribution in [3.63, 3.8) is 0 Å². The quantitative estimate of drug-likeness (QED) is 0.911. The Morgan fingerprint density at radius 2 is 1.88 bits per heavy atom. The maximum atomic E-state index is 12.8. The number of benzene rings is 2. The van der Waals surface area contributed by atoms with Gasteiger partial charge in [-0.1, -0.05) is 48.5 Å². The van der Waals surface area contributed by atoms with Crippen molar-refractivity contribution in [3.8, 4) is 0 Å². The Labute approximate surface area is 142 Å². The monoisotopic (exact) mass is 321 g/mol. The molecule has 4 rings (SSSR count). The number of likely N-dealkylation sites (tertiary alicyclic amines) is 1. The standard InChI is InChI=1S/C20H23N3O/c21-18(10-14-6-2-1-3-7-14)20(24)23-12-15-11-22-19-9-5-4-8-16(19)17(15)13-23/h1-9,15,17-18,22H,10-13,21H2/t15?,17?,18-/m1/s1. The van der Waals surface area contributed by atoms with E-state index in [0.29, 0.717) is 18.3 Å². The van der Waals surface area contributed by atoms with Crippen molar-refractivity contribution in [1.29, 1.82) is 0 Å². The van der Waals surface area contributed by atoms with Crippen molar-refractivity contribution in [3.05, 3.63) is 65.7 Å². The number of fused-ring (bicyclic) bond motifs is 3. The van der Waals surface area contributed by atoms with Gasteiger partial charge in [-0.15, -0.1) is 0 Å². The van der Waals surface area contributed by atoms with E-state index in [1.807, 2.05) is 35.2 Å². The van der Waals surface area contributed by atoms with Gasteiger partial charge in [0.1, 0.15) is 0 Å². The minimum atomic E-state index is -0.462. The van der Waals surface area contributed by atoms with Crippen molar-refractivity contribution >= 4 is 11.6 Å². The predicted molar refractivity (Wildman–Crippen MR) is 95.9 cm³/mol. The third-order valence-corrected chi connectivity index (χ3v) is 5.28. The fraction of sp³-hybridized carbons (Fsp3) is 0.350. The molecule has 0 bridgehead atoms. The van der Waals surface area contributed by atoms with E-state index in [9.17, 15) is 4.79 Å². The van der Waals surface area contributed by atoms with Crippen LogP contribution in [0.1, 0.15) is 17.0 Å². The summed E-state index contributed by atoms with van der Waals surface area (Å²) in [6.07, 6.45) is 0.598. The zero-order valence-electron chi connectivity index (χ0n) is 13.7. The van der Waals surface area contributed by atoms with Crippen LogP contribution < -0.4 is 11.1 Å². The lowest BCUT2D eigenvalue weighted by atomic mass is 9.85. The molecule has 0 aliphatic carbocycles. The van der Waals surface area contributed by atoms with Gasteiger partial charge >= 0.3 is 0 Å². The van der Waals surface area contributed by atoms with Crippen molar-refractivity contribution in [2.24, 2.45) is 11.7 Å². The Morgan fingerprint density at radius 1 is 1.12 bits per heavy atom. The fourth-order valence-electron chi connectivity index (χ4n) is 4.02. The summed E-state index contributed by atoms with van der Waals surface area (Å²) in [5.74, 6) is 0.980. The number of para-hydroxylation sites is 1. The molecule has 124 valence electrons. The van der Waals surface area contributed by atoms with Gasteiger partial charge in [0.05, 0.1) is 6.04 Å². The molecular formula is C20H23N3O. The minimum absolute atomic E-state index is 0.0748. The lowest BCUT2D eigenvalue weighted by molar-refractivity contribution is -0.131. The summed E-state index contributed by atoms with van der Waals surface area (Å²) in [5.41, 5.74) is 9.86. The lowest BCUT2D eigenvalue weighted by Crippen LogP contribution is -2.44. The van der Waals surface area contributed by atoms with Crippen LogP contribution in [-0.4, -0.2) is 36.5 Å². The molecule has 4 nitrogen and oxygen atoms in total. The maximum absolute atomic E-state index is 12.8. The first kappa shape index (κ1) is 15.2. The Bertz CT molecular complexity index is 731. The van der Waals surface area contributed by atoms with Crippen LogP contribution in [0.3, 0.4) is 0 Å². The highest BCUT2D eigenvalue weighted by molar-refractivity contribution is 5.82. The van der Waals surface area contributed by atoms with E-state index in [0.717, 1.165) is 25.2 Å². The highest BCUT2D eigenvalue weighted by Gasteiger charge is 2.40. The van der Waals surface area contributed by atoms with Crippen molar-refractivity contribution in [1.82, 2.24) is 4.90 Å². The van der Waals surface area contributed by atoms with Gasteiger partial charge in [0.15, 0.2) is 0 Å². The second kappa shape index (κ2) is 6.29. The van der Waals surface area contributed by atoms with Crippen molar-refractivity contribution in [2.45, 2.75) is 18.4 Å². The summed E-state index contributed by atoms with van der Waals surface area (Å²) < 4.78 is 0. The summed E-state index contributed by atoms with van der Waals surface area (Å²) in [6, 6.07) is 18.0. The number of amides is 1. The second-order valence-corrected chi connectivity index (χ2v) is 6.87. The third kappa shape index (κ3) is 2.78. The summed E-state index contributed by atoms with van der Waals surface area (Å²) in [5, 5.41) is 3.49. The van der Waals surface area contributed by atoms with Gasteiger partial charge in [-0.3, -0.25) is 4.79 Å². The largest absolute Gasteiger partial charge is 0.384 e. The van der Waals surface area contributed by atoms with E-state index in [-0.39, 0.29) is 5.91 Å². The molecule has 0 aromatic heterocycles.